The highest BCUT2D eigenvalue weighted by Crippen LogP contribution is 2.42. The van der Waals surface area contributed by atoms with E-state index in [1.807, 2.05) is 30.3 Å². The van der Waals surface area contributed by atoms with Crippen molar-refractivity contribution in [3.8, 4) is 0 Å². The molecule has 7 nitrogen and oxygen atoms in total. The van der Waals surface area contributed by atoms with Gasteiger partial charge in [-0.3, -0.25) is 14.5 Å². The van der Waals surface area contributed by atoms with Gasteiger partial charge in [0.05, 0.1) is 29.4 Å². The molecule has 0 fully saturated rings. The molecule has 0 spiro atoms. The van der Waals surface area contributed by atoms with Gasteiger partial charge in [-0.1, -0.05) is 54.6 Å². The number of hydrogen-bond acceptors (Lipinski definition) is 3. The maximum Gasteiger partial charge on any atom is 0.416 e. The predicted molar refractivity (Wildman–Crippen MR) is 136 cm³/mol. The van der Waals surface area contributed by atoms with E-state index in [1.54, 1.807) is 13.8 Å². The van der Waals surface area contributed by atoms with Crippen LogP contribution in [0.3, 0.4) is 0 Å². The third kappa shape index (κ3) is 5.29. The smallest absolute Gasteiger partial charge is 0.352 e. The van der Waals surface area contributed by atoms with Crippen molar-refractivity contribution in [2.75, 3.05) is 13.1 Å². The van der Waals surface area contributed by atoms with Gasteiger partial charge in [0.15, 0.2) is 0 Å². The highest BCUT2D eigenvalue weighted by Gasteiger charge is 2.48. The standard InChI is InChI=1S/C28H29F3N4O3/c1-4-14-34-22-16-35(21(25(36)32-17(2)3)15-18-10-6-5-7-11-18)26(37)23(22)24(33-27(34)38)19-12-8-9-13-20(19)28(29,30)31/h4-13,17,21,24H,1,14-16H2,2-3H3,(H,32,36)(H,33,38). The third-order valence-corrected chi connectivity index (χ3v) is 6.52. The SMILES string of the molecule is C=CCN1C(=O)NC(c2ccccc2C(F)(F)F)C2=C1CN(C(Cc1ccccc1)C(=O)NC(C)C)C2=O. The lowest BCUT2D eigenvalue weighted by Crippen LogP contribution is -2.51. The van der Waals surface area contributed by atoms with Crippen LogP contribution < -0.4 is 10.6 Å². The summed E-state index contributed by atoms with van der Waals surface area (Å²) >= 11 is 0. The average molecular weight is 527 g/mol. The van der Waals surface area contributed by atoms with E-state index in [1.165, 1.54) is 34.1 Å². The first-order chi connectivity index (χ1) is 18.0. The van der Waals surface area contributed by atoms with Crippen LogP contribution in [0.1, 0.15) is 36.6 Å². The highest BCUT2D eigenvalue weighted by atomic mass is 19.4. The Labute approximate surface area is 219 Å². The molecule has 2 aromatic carbocycles. The van der Waals surface area contributed by atoms with Gasteiger partial charge < -0.3 is 15.5 Å². The van der Waals surface area contributed by atoms with E-state index in [-0.39, 0.29) is 48.3 Å². The quantitative estimate of drug-likeness (QED) is 0.507. The molecule has 0 radical (unpaired) electrons. The molecule has 0 saturated heterocycles. The number of amides is 4. The summed E-state index contributed by atoms with van der Waals surface area (Å²) in [7, 11) is 0. The fraction of sp³-hybridized carbons (Fsp3) is 0.321. The fourth-order valence-corrected chi connectivity index (χ4v) is 4.89. The van der Waals surface area contributed by atoms with Crippen LogP contribution in [-0.4, -0.2) is 52.8 Å². The summed E-state index contributed by atoms with van der Waals surface area (Å²) in [6.45, 7) is 7.19. The van der Waals surface area contributed by atoms with Gasteiger partial charge in [0, 0.05) is 19.0 Å². The molecule has 0 aromatic heterocycles. The van der Waals surface area contributed by atoms with Crippen LogP contribution in [0.15, 0.2) is 78.5 Å². The normalized spacial score (nSPS) is 18.4. The minimum Gasteiger partial charge on any atom is -0.352 e. The first kappa shape index (κ1) is 27.0. The van der Waals surface area contributed by atoms with Crippen LogP contribution in [0.4, 0.5) is 18.0 Å². The molecule has 4 rings (SSSR count). The third-order valence-electron chi connectivity index (χ3n) is 6.52. The van der Waals surface area contributed by atoms with Crippen molar-refractivity contribution >= 4 is 17.8 Å². The van der Waals surface area contributed by atoms with E-state index in [0.29, 0.717) is 0 Å². The Morgan fingerprint density at radius 3 is 2.42 bits per heavy atom. The maximum atomic E-state index is 14.0. The lowest BCUT2D eigenvalue weighted by atomic mass is 9.91. The number of halogens is 3. The Bertz CT molecular complexity index is 1270. The summed E-state index contributed by atoms with van der Waals surface area (Å²) in [4.78, 5) is 43.0. The van der Waals surface area contributed by atoms with Crippen molar-refractivity contribution in [1.29, 1.82) is 0 Å². The molecule has 0 saturated carbocycles. The highest BCUT2D eigenvalue weighted by molar-refractivity contribution is 6.03. The zero-order valence-corrected chi connectivity index (χ0v) is 21.1. The van der Waals surface area contributed by atoms with Crippen LogP contribution in [0.5, 0.6) is 0 Å². The van der Waals surface area contributed by atoms with Gasteiger partial charge in [-0.15, -0.1) is 6.58 Å². The van der Waals surface area contributed by atoms with Gasteiger partial charge in [-0.05, 0) is 31.0 Å². The van der Waals surface area contributed by atoms with Gasteiger partial charge in [0.25, 0.3) is 5.91 Å². The van der Waals surface area contributed by atoms with E-state index in [0.717, 1.165) is 11.6 Å². The van der Waals surface area contributed by atoms with Crippen LogP contribution in [0, 0.1) is 0 Å². The summed E-state index contributed by atoms with van der Waals surface area (Å²) in [6, 6.07) is 10.9. The zero-order valence-electron chi connectivity index (χ0n) is 21.1. The molecule has 2 aliphatic rings. The molecule has 200 valence electrons. The van der Waals surface area contributed by atoms with Crippen molar-refractivity contribution in [3.63, 3.8) is 0 Å². The molecule has 38 heavy (non-hydrogen) atoms. The van der Waals surface area contributed by atoms with Crippen molar-refractivity contribution in [3.05, 3.63) is 95.2 Å². The molecule has 0 bridgehead atoms. The van der Waals surface area contributed by atoms with Gasteiger partial charge in [0.1, 0.15) is 6.04 Å². The molecule has 0 aliphatic carbocycles. The Morgan fingerprint density at radius 1 is 1.13 bits per heavy atom. The van der Waals surface area contributed by atoms with Gasteiger partial charge in [-0.25, -0.2) is 4.79 Å². The number of hydrogen-bond donors (Lipinski definition) is 2. The topological polar surface area (TPSA) is 81.8 Å². The molecule has 2 atom stereocenters. The molecule has 4 amide bonds. The second-order valence-electron chi connectivity index (χ2n) is 9.53. The van der Waals surface area contributed by atoms with Crippen LogP contribution in [-0.2, 0) is 22.2 Å². The number of alkyl halides is 3. The molecular weight excluding hydrogens is 497 g/mol. The molecular formula is C28H29F3N4O3. The van der Waals surface area contributed by atoms with Crippen molar-refractivity contribution in [1.82, 2.24) is 20.4 Å². The molecule has 2 heterocycles. The maximum absolute atomic E-state index is 14.0. The zero-order chi connectivity index (χ0) is 27.6. The molecule has 2 N–H and O–H groups in total. The van der Waals surface area contributed by atoms with Crippen molar-refractivity contribution < 1.29 is 27.6 Å². The Balaban J connectivity index is 1.80. The summed E-state index contributed by atoms with van der Waals surface area (Å²) in [5, 5.41) is 5.43. The lowest BCUT2D eigenvalue weighted by Gasteiger charge is -2.33. The van der Waals surface area contributed by atoms with Crippen LogP contribution >= 0.6 is 0 Å². The summed E-state index contributed by atoms with van der Waals surface area (Å²) in [5.74, 6) is -0.991. The number of urea groups is 1. The number of nitrogens with zero attached hydrogens (tertiary/aromatic N) is 2. The minimum absolute atomic E-state index is 0.0126. The summed E-state index contributed by atoms with van der Waals surface area (Å²) < 4.78 is 41.7. The van der Waals surface area contributed by atoms with E-state index < -0.39 is 35.8 Å². The molecule has 2 unspecified atom stereocenters. The van der Waals surface area contributed by atoms with Gasteiger partial charge in [0.2, 0.25) is 5.91 Å². The van der Waals surface area contributed by atoms with Crippen LogP contribution in [0.25, 0.3) is 0 Å². The summed E-state index contributed by atoms with van der Waals surface area (Å²) in [6.07, 6.45) is -3.04. The first-order valence-corrected chi connectivity index (χ1v) is 12.3. The van der Waals surface area contributed by atoms with E-state index >= 15 is 0 Å². The second kappa shape index (κ2) is 10.7. The van der Waals surface area contributed by atoms with Gasteiger partial charge in [-0.2, -0.15) is 13.2 Å². The number of carbonyl (C=O) groups excluding carboxylic acids is 3. The van der Waals surface area contributed by atoms with Crippen molar-refractivity contribution in [2.24, 2.45) is 0 Å². The Morgan fingerprint density at radius 2 is 1.79 bits per heavy atom. The molecule has 2 aromatic rings. The largest absolute Gasteiger partial charge is 0.416 e. The van der Waals surface area contributed by atoms with E-state index in [4.69, 9.17) is 0 Å². The lowest BCUT2D eigenvalue weighted by molar-refractivity contribution is -0.138. The molecule has 2 aliphatic heterocycles. The summed E-state index contributed by atoms with van der Waals surface area (Å²) in [5.41, 5.74) is -0.0979. The average Bonchev–Trinajstić information content (AvgIpc) is 3.20. The number of carbonyl (C=O) groups is 3. The first-order valence-electron chi connectivity index (χ1n) is 12.3. The van der Waals surface area contributed by atoms with Crippen molar-refractivity contribution in [2.45, 2.75) is 44.6 Å². The molecule has 10 heteroatoms. The fourth-order valence-electron chi connectivity index (χ4n) is 4.89. The number of rotatable bonds is 8. The number of benzene rings is 2. The van der Waals surface area contributed by atoms with Crippen LogP contribution in [0.2, 0.25) is 0 Å². The van der Waals surface area contributed by atoms with Gasteiger partial charge >= 0.3 is 12.2 Å². The Hall–Kier alpha value is -4.08. The Kier molecular flexibility index (Phi) is 7.61. The second-order valence-corrected chi connectivity index (χ2v) is 9.53. The number of nitrogens with one attached hydrogen (secondary N) is 2. The minimum atomic E-state index is -4.70. The van der Waals surface area contributed by atoms with E-state index in [9.17, 15) is 27.6 Å². The monoisotopic (exact) mass is 526 g/mol. The van der Waals surface area contributed by atoms with E-state index in [2.05, 4.69) is 17.2 Å². The predicted octanol–water partition coefficient (Wildman–Crippen LogP) is 4.19.